The fourth-order valence-electron chi connectivity index (χ4n) is 0.167. The van der Waals surface area contributed by atoms with Gasteiger partial charge in [-0.1, -0.05) is 46.5 Å². The zero-order valence-corrected chi connectivity index (χ0v) is 6.41. The largest absolute Gasteiger partial charge is 0.0654 e. The van der Waals surface area contributed by atoms with E-state index < -0.39 is 0 Å². The normalized spacial score (nSPS) is 16.9. The lowest BCUT2D eigenvalue weighted by atomic mass is 10.4. The van der Waals surface area contributed by atoms with Crippen molar-refractivity contribution in [1.29, 1.82) is 0 Å². The second-order valence-electron chi connectivity index (χ2n) is 2.68. The Labute approximate surface area is 53.3 Å². The summed E-state index contributed by atoms with van der Waals surface area (Å²) in [6, 6.07) is 0. The monoisotopic (exact) mass is 114 g/mol. The molecule has 0 atom stereocenters. The van der Waals surface area contributed by atoms with E-state index in [-0.39, 0.29) is 0 Å². The van der Waals surface area contributed by atoms with Gasteiger partial charge in [0.1, 0.15) is 0 Å². The molecule has 0 bridgehead atoms. The molecule has 0 radical (unpaired) electrons. The zero-order valence-electron chi connectivity index (χ0n) is 6.41. The highest BCUT2D eigenvalue weighted by Crippen LogP contribution is 2.26. The summed E-state index contributed by atoms with van der Waals surface area (Å²) in [6.45, 7) is 6.64. The molecule has 1 aliphatic carbocycles. The van der Waals surface area contributed by atoms with Crippen LogP contribution in [0.2, 0.25) is 0 Å². The summed E-state index contributed by atoms with van der Waals surface area (Å²) < 4.78 is 0. The van der Waals surface area contributed by atoms with Gasteiger partial charge in [-0.05, 0) is 5.92 Å². The highest BCUT2D eigenvalue weighted by atomic mass is 14.2. The summed E-state index contributed by atoms with van der Waals surface area (Å²) in [5, 5.41) is 0. The lowest BCUT2D eigenvalue weighted by Gasteiger charge is -1.68. The first-order valence-electron chi connectivity index (χ1n) is 3.81. The maximum Gasteiger partial charge on any atom is -0.0443 e. The molecule has 50 valence electrons. The van der Waals surface area contributed by atoms with Crippen LogP contribution in [0.25, 0.3) is 0 Å². The molecule has 1 fully saturated rings. The van der Waals surface area contributed by atoms with Gasteiger partial charge in [0.2, 0.25) is 0 Å². The van der Waals surface area contributed by atoms with Gasteiger partial charge in [-0.15, -0.1) is 0 Å². The van der Waals surface area contributed by atoms with Crippen molar-refractivity contribution in [3.05, 3.63) is 0 Å². The van der Waals surface area contributed by atoms with E-state index in [1.807, 2.05) is 0 Å². The third kappa shape index (κ3) is 9.38. The van der Waals surface area contributed by atoms with Crippen LogP contribution in [-0.4, -0.2) is 0 Å². The third-order valence-corrected chi connectivity index (χ3v) is 1.37. The minimum absolute atomic E-state index is 1.08. The van der Waals surface area contributed by atoms with E-state index in [0.717, 1.165) is 5.92 Å². The maximum atomic E-state index is 2.28. The van der Waals surface area contributed by atoms with E-state index in [4.69, 9.17) is 0 Å². The predicted octanol–water partition coefficient (Wildman–Crippen LogP) is 3.22. The van der Waals surface area contributed by atoms with Gasteiger partial charge in [-0.25, -0.2) is 0 Å². The highest BCUT2D eigenvalue weighted by Gasteiger charge is 2.12. The van der Waals surface area contributed by atoms with Crippen LogP contribution < -0.4 is 0 Å². The van der Waals surface area contributed by atoms with Gasteiger partial charge in [-0.2, -0.15) is 0 Å². The van der Waals surface area contributed by atoms with Gasteiger partial charge in [0.25, 0.3) is 0 Å². The SMILES string of the molecule is CC1CC1.CCCC. The van der Waals surface area contributed by atoms with Gasteiger partial charge in [0, 0.05) is 0 Å². The van der Waals surface area contributed by atoms with Gasteiger partial charge >= 0.3 is 0 Å². The first-order valence-corrected chi connectivity index (χ1v) is 3.81. The molecule has 0 N–H and O–H groups in total. The van der Waals surface area contributed by atoms with Crippen LogP contribution in [0.3, 0.4) is 0 Å². The van der Waals surface area contributed by atoms with Gasteiger partial charge in [0.15, 0.2) is 0 Å². The van der Waals surface area contributed by atoms with E-state index >= 15 is 0 Å². The van der Waals surface area contributed by atoms with E-state index in [1.165, 1.54) is 25.7 Å². The Morgan fingerprint density at radius 3 is 1.38 bits per heavy atom. The quantitative estimate of drug-likeness (QED) is 0.491. The van der Waals surface area contributed by atoms with Crippen molar-refractivity contribution in [3.63, 3.8) is 0 Å². The standard InChI is InChI=1S/C4H8.C4H10/c1-4-2-3-4;1-3-4-2/h4H,2-3H2,1H3;3-4H2,1-2H3. The second-order valence-corrected chi connectivity index (χ2v) is 2.68. The Bertz CT molecular complexity index is 33.3. The molecule has 1 rings (SSSR count). The molecule has 0 aromatic carbocycles. The summed E-state index contributed by atoms with van der Waals surface area (Å²) in [7, 11) is 0. The fraction of sp³-hybridized carbons (Fsp3) is 1.00. The Hall–Kier alpha value is 0. The molecule has 0 spiro atoms. The van der Waals surface area contributed by atoms with Crippen LogP contribution in [0.4, 0.5) is 0 Å². The lowest BCUT2D eigenvalue weighted by molar-refractivity contribution is 0.886. The molecule has 0 amide bonds. The van der Waals surface area contributed by atoms with Gasteiger partial charge < -0.3 is 0 Å². The van der Waals surface area contributed by atoms with Crippen LogP contribution in [-0.2, 0) is 0 Å². The smallest absolute Gasteiger partial charge is 0.0443 e. The lowest BCUT2D eigenvalue weighted by Crippen LogP contribution is -1.47. The Morgan fingerprint density at radius 2 is 1.38 bits per heavy atom. The van der Waals surface area contributed by atoms with Crippen molar-refractivity contribution in [2.45, 2.75) is 46.5 Å². The van der Waals surface area contributed by atoms with Crippen molar-refractivity contribution < 1.29 is 0 Å². The average Bonchev–Trinajstić information content (AvgIpc) is 2.52. The summed E-state index contributed by atoms with van der Waals surface area (Å²) in [4.78, 5) is 0. The minimum Gasteiger partial charge on any atom is -0.0654 e. The molecule has 0 aromatic heterocycles. The van der Waals surface area contributed by atoms with Gasteiger partial charge in [-0.3, -0.25) is 0 Å². The van der Waals surface area contributed by atoms with Gasteiger partial charge in [0.05, 0.1) is 0 Å². The highest BCUT2D eigenvalue weighted by molar-refractivity contribution is 4.65. The molecule has 0 unspecified atom stereocenters. The Balaban J connectivity index is 0.000000122. The second kappa shape index (κ2) is 5.14. The van der Waals surface area contributed by atoms with Crippen LogP contribution in [0, 0.1) is 5.92 Å². The topological polar surface area (TPSA) is 0 Å². The van der Waals surface area contributed by atoms with E-state index in [9.17, 15) is 0 Å². The first kappa shape index (κ1) is 8.00. The molecule has 0 nitrogen and oxygen atoms in total. The van der Waals surface area contributed by atoms with E-state index in [0.29, 0.717) is 0 Å². The number of unbranched alkanes of at least 4 members (excludes halogenated alkanes) is 1. The van der Waals surface area contributed by atoms with Crippen LogP contribution in [0.5, 0.6) is 0 Å². The summed E-state index contributed by atoms with van der Waals surface area (Å²) in [5.74, 6) is 1.08. The molecular formula is C8H18. The maximum absolute atomic E-state index is 2.28. The first-order chi connectivity index (χ1) is 3.81. The summed E-state index contributed by atoms with van der Waals surface area (Å²) in [5.41, 5.74) is 0. The fourth-order valence-corrected chi connectivity index (χ4v) is 0.167. The molecular weight excluding hydrogens is 96.1 g/mol. The van der Waals surface area contributed by atoms with Crippen molar-refractivity contribution in [2.24, 2.45) is 5.92 Å². The van der Waals surface area contributed by atoms with Crippen molar-refractivity contribution in [1.82, 2.24) is 0 Å². The third-order valence-electron chi connectivity index (χ3n) is 1.37. The molecule has 0 aliphatic heterocycles. The minimum atomic E-state index is 1.08. The average molecular weight is 114 g/mol. The van der Waals surface area contributed by atoms with Crippen molar-refractivity contribution in [2.75, 3.05) is 0 Å². The number of hydrogen-bond acceptors (Lipinski definition) is 0. The molecule has 8 heavy (non-hydrogen) atoms. The summed E-state index contributed by atoms with van der Waals surface area (Å²) in [6.07, 6.45) is 5.61. The molecule has 0 aromatic rings. The van der Waals surface area contributed by atoms with Crippen molar-refractivity contribution in [3.8, 4) is 0 Å². The summed E-state index contributed by atoms with van der Waals surface area (Å²) >= 11 is 0. The Kier molecular flexibility index (Phi) is 5.14. The van der Waals surface area contributed by atoms with Crippen molar-refractivity contribution >= 4 is 0 Å². The van der Waals surface area contributed by atoms with E-state index in [2.05, 4.69) is 20.8 Å². The molecule has 0 heterocycles. The predicted molar refractivity (Wildman–Crippen MR) is 39.0 cm³/mol. The number of hydrogen-bond donors (Lipinski definition) is 0. The van der Waals surface area contributed by atoms with Crippen LogP contribution >= 0.6 is 0 Å². The van der Waals surface area contributed by atoms with E-state index in [1.54, 1.807) is 0 Å². The molecule has 1 saturated carbocycles. The van der Waals surface area contributed by atoms with Crippen LogP contribution in [0.15, 0.2) is 0 Å². The molecule has 0 heteroatoms. The Morgan fingerprint density at radius 1 is 1.12 bits per heavy atom. The zero-order chi connectivity index (χ0) is 6.41. The molecule has 1 aliphatic rings. The van der Waals surface area contributed by atoms with Crippen LogP contribution in [0.1, 0.15) is 46.5 Å². The number of rotatable bonds is 1. The molecule has 0 saturated heterocycles.